The Bertz CT molecular complexity index is 752. The Morgan fingerprint density at radius 2 is 1.72 bits per heavy atom. The number of amides is 1. The molecule has 0 spiro atoms. The fourth-order valence-corrected chi connectivity index (χ4v) is 2.81. The molecule has 0 aliphatic carbocycles. The predicted octanol–water partition coefficient (Wildman–Crippen LogP) is 3.23. The van der Waals surface area contributed by atoms with Crippen LogP contribution in [-0.2, 0) is 0 Å². The lowest BCUT2D eigenvalue weighted by Crippen LogP contribution is -2.31. The van der Waals surface area contributed by atoms with E-state index in [2.05, 4.69) is 6.07 Å². The van der Waals surface area contributed by atoms with Gasteiger partial charge in [0.2, 0.25) is 0 Å². The Labute approximate surface area is 148 Å². The van der Waals surface area contributed by atoms with Crippen LogP contribution in [0.4, 0.5) is 0 Å². The van der Waals surface area contributed by atoms with E-state index in [0.29, 0.717) is 43.4 Å². The smallest absolute Gasteiger partial charge is 0.253 e. The molecule has 0 atom stereocenters. The lowest BCUT2D eigenvalue weighted by molar-refractivity contribution is 0.0772. The van der Waals surface area contributed by atoms with Gasteiger partial charge < -0.3 is 19.1 Å². The van der Waals surface area contributed by atoms with Crippen molar-refractivity contribution in [2.75, 3.05) is 33.4 Å². The molecule has 0 saturated carbocycles. The van der Waals surface area contributed by atoms with Gasteiger partial charge in [0.15, 0.2) is 11.5 Å². The summed E-state index contributed by atoms with van der Waals surface area (Å²) in [5.74, 6) is 2.07. The first-order valence-electron chi connectivity index (χ1n) is 8.39. The van der Waals surface area contributed by atoms with E-state index in [0.717, 1.165) is 16.9 Å². The molecule has 0 aromatic heterocycles. The molecule has 3 rings (SSSR count). The standard InChI is InChI=1S/C20H23NO4/c1-14-10-15(2)12-17(11-14)23-7-6-21(3)20(22)16-4-5-18-19(13-16)25-9-8-24-18/h4-5,10-13H,6-9H2,1-3H3. The normalized spacial score (nSPS) is 12.6. The van der Waals surface area contributed by atoms with E-state index in [-0.39, 0.29) is 5.91 Å². The number of rotatable bonds is 5. The Kier molecular flexibility index (Phi) is 5.12. The Hall–Kier alpha value is -2.69. The third kappa shape index (κ3) is 4.24. The van der Waals surface area contributed by atoms with Gasteiger partial charge >= 0.3 is 0 Å². The monoisotopic (exact) mass is 341 g/mol. The van der Waals surface area contributed by atoms with Gasteiger partial charge in [-0.2, -0.15) is 0 Å². The predicted molar refractivity (Wildman–Crippen MR) is 95.8 cm³/mol. The van der Waals surface area contributed by atoms with Crippen molar-refractivity contribution in [1.82, 2.24) is 4.90 Å². The number of fused-ring (bicyclic) bond motifs is 1. The van der Waals surface area contributed by atoms with Crippen LogP contribution < -0.4 is 14.2 Å². The summed E-state index contributed by atoms with van der Waals surface area (Å²) in [4.78, 5) is 14.2. The van der Waals surface area contributed by atoms with Crippen molar-refractivity contribution >= 4 is 5.91 Å². The molecule has 1 aliphatic rings. The number of carbonyl (C=O) groups is 1. The molecule has 132 valence electrons. The van der Waals surface area contributed by atoms with E-state index in [1.54, 1.807) is 30.1 Å². The second-order valence-corrected chi connectivity index (χ2v) is 6.26. The van der Waals surface area contributed by atoms with E-state index in [9.17, 15) is 4.79 Å². The quantitative estimate of drug-likeness (QED) is 0.838. The number of nitrogens with zero attached hydrogens (tertiary/aromatic N) is 1. The van der Waals surface area contributed by atoms with Crippen molar-refractivity contribution in [2.45, 2.75) is 13.8 Å². The van der Waals surface area contributed by atoms with E-state index in [1.807, 2.05) is 26.0 Å². The van der Waals surface area contributed by atoms with Crippen LogP contribution in [0, 0.1) is 13.8 Å². The summed E-state index contributed by atoms with van der Waals surface area (Å²) in [6, 6.07) is 11.4. The highest BCUT2D eigenvalue weighted by molar-refractivity contribution is 5.94. The van der Waals surface area contributed by atoms with Gasteiger partial charge in [0.1, 0.15) is 25.6 Å². The second kappa shape index (κ2) is 7.47. The van der Waals surface area contributed by atoms with Gasteiger partial charge in [-0.15, -0.1) is 0 Å². The number of benzene rings is 2. The zero-order valence-corrected chi connectivity index (χ0v) is 14.9. The fourth-order valence-electron chi connectivity index (χ4n) is 2.81. The first kappa shape index (κ1) is 17.1. The van der Waals surface area contributed by atoms with Crippen molar-refractivity contribution in [3.8, 4) is 17.2 Å². The SMILES string of the molecule is Cc1cc(C)cc(OCCN(C)C(=O)c2ccc3c(c2)OCCO3)c1. The lowest BCUT2D eigenvalue weighted by atomic mass is 10.1. The number of hydrogen-bond donors (Lipinski definition) is 0. The molecule has 5 heteroatoms. The minimum absolute atomic E-state index is 0.0685. The lowest BCUT2D eigenvalue weighted by Gasteiger charge is -2.21. The summed E-state index contributed by atoms with van der Waals surface area (Å²) in [6.45, 7) is 6.06. The first-order valence-corrected chi connectivity index (χ1v) is 8.39. The number of ether oxygens (including phenoxy) is 3. The minimum atomic E-state index is -0.0685. The number of aryl methyl sites for hydroxylation is 2. The van der Waals surface area contributed by atoms with Gasteiger partial charge in [-0.05, 0) is 55.3 Å². The van der Waals surface area contributed by atoms with Crippen LogP contribution in [0.3, 0.4) is 0 Å². The summed E-state index contributed by atoms with van der Waals surface area (Å²) in [5.41, 5.74) is 2.91. The van der Waals surface area contributed by atoms with Crippen LogP contribution in [0.25, 0.3) is 0 Å². The molecule has 0 saturated heterocycles. The molecule has 0 bridgehead atoms. The molecular formula is C20H23NO4. The summed E-state index contributed by atoms with van der Waals surface area (Å²) in [5, 5.41) is 0. The number of carbonyl (C=O) groups excluding carboxylic acids is 1. The molecular weight excluding hydrogens is 318 g/mol. The van der Waals surface area contributed by atoms with Gasteiger partial charge in [-0.25, -0.2) is 0 Å². The third-order valence-electron chi connectivity index (χ3n) is 4.03. The number of hydrogen-bond acceptors (Lipinski definition) is 4. The number of likely N-dealkylation sites (N-methyl/N-ethyl adjacent to an activating group) is 1. The highest BCUT2D eigenvalue weighted by Crippen LogP contribution is 2.31. The maximum Gasteiger partial charge on any atom is 0.253 e. The summed E-state index contributed by atoms with van der Waals surface area (Å²) < 4.78 is 16.8. The Balaban J connectivity index is 1.57. The molecule has 1 amide bonds. The zero-order chi connectivity index (χ0) is 17.8. The molecule has 5 nitrogen and oxygen atoms in total. The molecule has 0 radical (unpaired) electrons. The van der Waals surface area contributed by atoms with Crippen molar-refractivity contribution in [1.29, 1.82) is 0 Å². The third-order valence-corrected chi connectivity index (χ3v) is 4.03. The molecule has 0 fully saturated rings. The van der Waals surface area contributed by atoms with Crippen molar-refractivity contribution in [3.63, 3.8) is 0 Å². The molecule has 0 N–H and O–H groups in total. The van der Waals surface area contributed by atoms with Crippen molar-refractivity contribution < 1.29 is 19.0 Å². The summed E-state index contributed by atoms with van der Waals surface area (Å²) in [7, 11) is 1.77. The van der Waals surface area contributed by atoms with Crippen LogP contribution in [0.2, 0.25) is 0 Å². The van der Waals surface area contributed by atoms with Crippen LogP contribution in [0.15, 0.2) is 36.4 Å². The van der Waals surface area contributed by atoms with Gasteiger partial charge in [0.05, 0.1) is 6.54 Å². The average Bonchev–Trinajstić information content (AvgIpc) is 2.59. The molecule has 2 aromatic carbocycles. The Morgan fingerprint density at radius 3 is 2.44 bits per heavy atom. The molecule has 1 aliphatic heterocycles. The highest BCUT2D eigenvalue weighted by Gasteiger charge is 2.17. The van der Waals surface area contributed by atoms with Crippen molar-refractivity contribution in [3.05, 3.63) is 53.1 Å². The van der Waals surface area contributed by atoms with E-state index >= 15 is 0 Å². The highest BCUT2D eigenvalue weighted by atomic mass is 16.6. The molecule has 1 heterocycles. The maximum absolute atomic E-state index is 12.6. The maximum atomic E-state index is 12.6. The van der Waals surface area contributed by atoms with Crippen LogP contribution in [-0.4, -0.2) is 44.2 Å². The summed E-state index contributed by atoms with van der Waals surface area (Å²) >= 11 is 0. The largest absolute Gasteiger partial charge is 0.492 e. The van der Waals surface area contributed by atoms with Gasteiger partial charge in [-0.3, -0.25) is 4.79 Å². The van der Waals surface area contributed by atoms with Crippen molar-refractivity contribution in [2.24, 2.45) is 0 Å². The average molecular weight is 341 g/mol. The molecule has 25 heavy (non-hydrogen) atoms. The van der Waals surface area contributed by atoms with E-state index in [1.165, 1.54) is 0 Å². The zero-order valence-electron chi connectivity index (χ0n) is 14.9. The molecule has 2 aromatic rings. The van der Waals surface area contributed by atoms with Gasteiger partial charge in [0.25, 0.3) is 5.91 Å². The van der Waals surface area contributed by atoms with Gasteiger partial charge in [0, 0.05) is 12.6 Å². The first-order chi connectivity index (χ1) is 12.0. The van der Waals surface area contributed by atoms with Crippen LogP contribution in [0.5, 0.6) is 17.2 Å². The minimum Gasteiger partial charge on any atom is -0.492 e. The molecule has 0 unspecified atom stereocenters. The van der Waals surface area contributed by atoms with E-state index in [4.69, 9.17) is 14.2 Å². The van der Waals surface area contributed by atoms with Crippen LogP contribution in [0.1, 0.15) is 21.5 Å². The van der Waals surface area contributed by atoms with Gasteiger partial charge in [-0.1, -0.05) is 6.07 Å². The Morgan fingerprint density at radius 1 is 1.04 bits per heavy atom. The summed E-state index contributed by atoms with van der Waals surface area (Å²) in [6.07, 6.45) is 0. The topological polar surface area (TPSA) is 48.0 Å². The van der Waals surface area contributed by atoms with Crippen LogP contribution >= 0.6 is 0 Å². The van der Waals surface area contributed by atoms with E-state index < -0.39 is 0 Å². The fraction of sp³-hybridized carbons (Fsp3) is 0.350. The second-order valence-electron chi connectivity index (χ2n) is 6.26.